The smallest absolute Gasteiger partial charge is 0.0601 e. The summed E-state index contributed by atoms with van der Waals surface area (Å²) in [4.78, 5) is 2.45. The maximum atomic E-state index is 9.46. The van der Waals surface area contributed by atoms with Gasteiger partial charge in [-0.3, -0.25) is 0 Å². The third-order valence-corrected chi connectivity index (χ3v) is 4.03. The van der Waals surface area contributed by atoms with Crippen molar-refractivity contribution >= 4 is 5.69 Å². The first-order valence-corrected chi connectivity index (χ1v) is 7.33. The van der Waals surface area contributed by atoms with Crippen LogP contribution in [-0.2, 0) is 0 Å². The van der Waals surface area contributed by atoms with E-state index in [1.807, 2.05) is 0 Å². The normalized spacial score (nSPS) is 24.6. The van der Waals surface area contributed by atoms with E-state index in [0.29, 0.717) is 12.0 Å². The van der Waals surface area contributed by atoms with Gasteiger partial charge in [0.15, 0.2) is 0 Å². The van der Waals surface area contributed by atoms with Crippen LogP contribution in [0.15, 0.2) is 24.3 Å². The summed E-state index contributed by atoms with van der Waals surface area (Å²) in [5.41, 5.74) is 2.72. The molecule has 1 aliphatic heterocycles. The van der Waals surface area contributed by atoms with Gasteiger partial charge in [-0.1, -0.05) is 32.0 Å². The second kappa shape index (κ2) is 6.40. The molecule has 2 unspecified atom stereocenters. The van der Waals surface area contributed by atoms with E-state index in [0.717, 1.165) is 19.5 Å². The van der Waals surface area contributed by atoms with E-state index in [4.69, 9.17) is 0 Å². The van der Waals surface area contributed by atoms with Gasteiger partial charge >= 0.3 is 0 Å². The molecule has 0 amide bonds. The third kappa shape index (κ3) is 3.28. The molecular weight excluding hydrogens is 236 g/mol. The van der Waals surface area contributed by atoms with Crippen LogP contribution in [0, 0.1) is 0 Å². The van der Waals surface area contributed by atoms with Crippen molar-refractivity contribution in [2.75, 3.05) is 24.6 Å². The summed E-state index contributed by atoms with van der Waals surface area (Å²) >= 11 is 0. The summed E-state index contributed by atoms with van der Waals surface area (Å²) in [7, 11) is 0. The molecule has 2 N–H and O–H groups in total. The van der Waals surface area contributed by atoms with Crippen molar-refractivity contribution in [2.45, 2.75) is 45.2 Å². The van der Waals surface area contributed by atoms with Crippen molar-refractivity contribution < 1.29 is 5.11 Å². The summed E-state index contributed by atoms with van der Waals surface area (Å²) in [5, 5.41) is 12.9. The van der Waals surface area contributed by atoms with Crippen molar-refractivity contribution in [2.24, 2.45) is 0 Å². The van der Waals surface area contributed by atoms with E-state index < -0.39 is 0 Å². The van der Waals surface area contributed by atoms with E-state index in [1.54, 1.807) is 0 Å². The molecule has 1 fully saturated rings. The van der Waals surface area contributed by atoms with Gasteiger partial charge in [-0.05, 0) is 37.4 Å². The van der Waals surface area contributed by atoms with E-state index in [2.05, 4.69) is 55.3 Å². The quantitative estimate of drug-likeness (QED) is 0.878. The highest BCUT2D eigenvalue weighted by atomic mass is 16.3. The lowest BCUT2D eigenvalue weighted by Gasteiger charge is -2.33. The third-order valence-electron chi connectivity index (χ3n) is 4.03. The fourth-order valence-electron chi connectivity index (χ4n) is 2.83. The molecule has 0 aliphatic carbocycles. The first kappa shape index (κ1) is 14.4. The maximum Gasteiger partial charge on any atom is 0.0601 e. The standard InChI is InChI=1S/C16H26N2O/c1-12(2)15-6-4-5-7-16(15)18-10-14(11-19)17-9-8-13(18)3/h4-7,12-14,17,19H,8-11H2,1-3H3. The fourth-order valence-corrected chi connectivity index (χ4v) is 2.83. The summed E-state index contributed by atoms with van der Waals surface area (Å²) in [5.74, 6) is 0.521. The number of hydrogen-bond donors (Lipinski definition) is 2. The molecule has 1 aliphatic rings. The van der Waals surface area contributed by atoms with Gasteiger partial charge in [0.1, 0.15) is 0 Å². The summed E-state index contributed by atoms with van der Waals surface area (Å²) in [6.07, 6.45) is 1.11. The zero-order chi connectivity index (χ0) is 13.8. The number of hydrogen-bond acceptors (Lipinski definition) is 3. The van der Waals surface area contributed by atoms with Crippen molar-refractivity contribution in [1.82, 2.24) is 5.32 Å². The van der Waals surface area contributed by atoms with Crippen LogP contribution in [0.5, 0.6) is 0 Å². The average molecular weight is 262 g/mol. The summed E-state index contributed by atoms with van der Waals surface area (Å²) in [6.45, 7) is 8.81. The van der Waals surface area contributed by atoms with Gasteiger partial charge in [-0.2, -0.15) is 0 Å². The minimum absolute atomic E-state index is 0.171. The molecule has 1 aromatic carbocycles. The van der Waals surface area contributed by atoms with Crippen LogP contribution >= 0.6 is 0 Å². The number of nitrogens with zero attached hydrogens (tertiary/aromatic N) is 1. The maximum absolute atomic E-state index is 9.46. The monoisotopic (exact) mass is 262 g/mol. The second-order valence-electron chi connectivity index (χ2n) is 5.84. The molecule has 3 heteroatoms. The number of aliphatic hydroxyl groups excluding tert-OH is 1. The molecule has 1 saturated heterocycles. The average Bonchev–Trinajstić information content (AvgIpc) is 2.60. The Morgan fingerprint density at radius 2 is 2.11 bits per heavy atom. The van der Waals surface area contributed by atoms with Crippen LogP contribution in [-0.4, -0.2) is 36.9 Å². The Morgan fingerprint density at radius 1 is 1.37 bits per heavy atom. The minimum atomic E-state index is 0.171. The first-order chi connectivity index (χ1) is 9.13. The van der Waals surface area contributed by atoms with E-state index in [-0.39, 0.29) is 12.6 Å². The lowest BCUT2D eigenvalue weighted by molar-refractivity contribution is 0.248. The molecule has 0 spiro atoms. The van der Waals surface area contributed by atoms with Crippen molar-refractivity contribution in [1.29, 1.82) is 0 Å². The summed E-state index contributed by atoms with van der Waals surface area (Å²) < 4.78 is 0. The second-order valence-corrected chi connectivity index (χ2v) is 5.84. The fraction of sp³-hybridized carbons (Fsp3) is 0.625. The molecule has 2 atom stereocenters. The number of anilines is 1. The van der Waals surface area contributed by atoms with Gasteiger partial charge < -0.3 is 15.3 Å². The first-order valence-electron chi connectivity index (χ1n) is 7.33. The molecule has 19 heavy (non-hydrogen) atoms. The summed E-state index contributed by atoms with van der Waals surface area (Å²) in [6, 6.07) is 9.34. The number of rotatable bonds is 3. The molecule has 0 bridgehead atoms. The molecule has 2 rings (SSSR count). The molecule has 106 valence electrons. The number of benzene rings is 1. The van der Waals surface area contributed by atoms with Crippen LogP contribution in [0.1, 0.15) is 38.7 Å². The van der Waals surface area contributed by atoms with Gasteiger partial charge in [-0.25, -0.2) is 0 Å². The zero-order valence-corrected chi connectivity index (χ0v) is 12.3. The predicted molar refractivity (Wildman–Crippen MR) is 80.8 cm³/mol. The van der Waals surface area contributed by atoms with Crippen LogP contribution in [0.25, 0.3) is 0 Å². The lowest BCUT2D eigenvalue weighted by Crippen LogP contribution is -2.42. The Kier molecular flexibility index (Phi) is 4.83. The number of nitrogens with one attached hydrogen (secondary N) is 1. The van der Waals surface area contributed by atoms with Gasteiger partial charge in [0.05, 0.1) is 6.61 Å². The molecule has 0 saturated carbocycles. The van der Waals surface area contributed by atoms with Gasteiger partial charge in [-0.15, -0.1) is 0 Å². The largest absolute Gasteiger partial charge is 0.395 e. The molecule has 3 nitrogen and oxygen atoms in total. The highest BCUT2D eigenvalue weighted by molar-refractivity contribution is 5.56. The van der Waals surface area contributed by atoms with E-state index in [1.165, 1.54) is 11.3 Å². The van der Waals surface area contributed by atoms with Crippen LogP contribution in [0.3, 0.4) is 0 Å². The van der Waals surface area contributed by atoms with Crippen molar-refractivity contribution in [3.8, 4) is 0 Å². The van der Waals surface area contributed by atoms with E-state index >= 15 is 0 Å². The Labute approximate surface area is 116 Å². The zero-order valence-electron chi connectivity index (χ0n) is 12.3. The van der Waals surface area contributed by atoms with Crippen LogP contribution in [0.4, 0.5) is 5.69 Å². The Balaban J connectivity index is 2.31. The molecular formula is C16H26N2O. The number of aliphatic hydroxyl groups is 1. The molecule has 1 aromatic rings. The lowest BCUT2D eigenvalue weighted by atomic mass is 9.99. The van der Waals surface area contributed by atoms with E-state index in [9.17, 15) is 5.11 Å². The molecule has 0 aromatic heterocycles. The van der Waals surface area contributed by atoms with Gasteiger partial charge in [0, 0.05) is 24.3 Å². The Bertz CT molecular complexity index is 405. The Hall–Kier alpha value is -1.06. The predicted octanol–water partition coefficient (Wildman–Crippen LogP) is 2.36. The highest BCUT2D eigenvalue weighted by Gasteiger charge is 2.24. The van der Waals surface area contributed by atoms with Gasteiger partial charge in [0.25, 0.3) is 0 Å². The van der Waals surface area contributed by atoms with Crippen molar-refractivity contribution in [3.63, 3.8) is 0 Å². The highest BCUT2D eigenvalue weighted by Crippen LogP contribution is 2.30. The van der Waals surface area contributed by atoms with Gasteiger partial charge in [0.2, 0.25) is 0 Å². The Morgan fingerprint density at radius 3 is 2.79 bits per heavy atom. The van der Waals surface area contributed by atoms with Crippen LogP contribution in [0.2, 0.25) is 0 Å². The number of para-hydroxylation sites is 1. The molecule has 0 radical (unpaired) electrons. The minimum Gasteiger partial charge on any atom is -0.395 e. The van der Waals surface area contributed by atoms with Crippen molar-refractivity contribution in [3.05, 3.63) is 29.8 Å². The SMILES string of the molecule is CC(C)c1ccccc1N1CC(CO)NCCC1C. The molecule has 1 heterocycles. The topological polar surface area (TPSA) is 35.5 Å². The van der Waals surface area contributed by atoms with Crippen LogP contribution < -0.4 is 10.2 Å².